The Morgan fingerprint density at radius 2 is 2.00 bits per heavy atom. The van der Waals surface area contributed by atoms with E-state index in [0.29, 0.717) is 5.39 Å². The third-order valence-corrected chi connectivity index (χ3v) is 3.49. The third kappa shape index (κ3) is 1.52. The fourth-order valence-electron chi connectivity index (χ4n) is 1.78. The molecule has 1 aromatic carbocycles. The second-order valence-electron chi connectivity index (χ2n) is 3.65. The lowest BCUT2D eigenvalue weighted by Gasteiger charge is -2.00. The summed E-state index contributed by atoms with van der Waals surface area (Å²) in [5, 5.41) is 2.53. The Hall–Kier alpha value is -2.14. The number of nitrogens with two attached hydrogens (primary N) is 1. The molecule has 2 N–H and O–H groups in total. The third-order valence-electron chi connectivity index (χ3n) is 2.60. The molecule has 0 radical (unpaired) electrons. The smallest absolute Gasteiger partial charge is 0.281 e. The van der Waals surface area contributed by atoms with Crippen molar-refractivity contribution in [2.45, 2.75) is 0 Å². The number of thiophene rings is 1. The SMILES string of the molecule is Nn1cnc2scc(-c3ccccc3)c2c1=O. The van der Waals surface area contributed by atoms with Crippen LogP contribution in [0.15, 0.2) is 46.8 Å². The highest BCUT2D eigenvalue weighted by atomic mass is 32.1. The van der Waals surface area contributed by atoms with Crippen molar-refractivity contribution in [3.8, 4) is 11.1 Å². The first-order valence-electron chi connectivity index (χ1n) is 5.07. The molecule has 3 rings (SSSR count). The zero-order valence-electron chi connectivity index (χ0n) is 8.83. The van der Waals surface area contributed by atoms with Gasteiger partial charge in [-0.15, -0.1) is 11.3 Å². The first-order chi connectivity index (χ1) is 8.27. The molecule has 2 heterocycles. The van der Waals surface area contributed by atoms with E-state index >= 15 is 0 Å². The zero-order valence-corrected chi connectivity index (χ0v) is 9.65. The summed E-state index contributed by atoms with van der Waals surface area (Å²) in [6, 6.07) is 9.76. The van der Waals surface area contributed by atoms with Crippen LogP contribution in [0.2, 0.25) is 0 Å². The van der Waals surface area contributed by atoms with E-state index in [0.717, 1.165) is 20.6 Å². The van der Waals surface area contributed by atoms with Gasteiger partial charge in [0.2, 0.25) is 0 Å². The predicted octanol–water partition coefficient (Wildman–Crippen LogP) is 1.84. The van der Waals surface area contributed by atoms with Crippen LogP contribution in [0.3, 0.4) is 0 Å². The topological polar surface area (TPSA) is 60.9 Å². The Balaban J connectivity index is 2.39. The Morgan fingerprint density at radius 1 is 1.24 bits per heavy atom. The summed E-state index contributed by atoms with van der Waals surface area (Å²) in [6.07, 6.45) is 1.34. The van der Waals surface area contributed by atoms with Crippen molar-refractivity contribution in [2.75, 3.05) is 5.84 Å². The summed E-state index contributed by atoms with van der Waals surface area (Å²) in [5.74, 6) is 5.54. The minimum atomic E-state index is -0.213. The summed E-state index contributed by atoms with van der Waals surface area (Å²) in [5.41, 5.74) is 1.68. The maximum Gasteiger partial charge on any atom is 0.281 e. The van der Waals surface area contributed by atoms with Crippen LogP contribution in [-0.4, -0.2) is 9.66 Å². The first-order valence-corrected chi connectivity index (χ1v) is 5.94. The highest BCUT2D eigenvalue weighted by Gasteiger charge is 2.11. The van der Waals surface area contributed by atoms with Crippen LogP contribution in [0.5, 0.6) is 0 Å². The molecule has 0 bridgehead atoms. The van der Waals surface area contributed by atoms with Crippen molar-refractivity contribution in [3.63, 3.8) is 0 Å². The summed E-state index contributed by atoms with van der Waals surface area (Å²) in [4.78, 5) is 16.9. The molecule has 84 valence electrons. The molecule has 0 atom stereocenters. The zero-order chi connectivity index (χ0) is 11.8. The van der Waals surface area contributed by atoms with E-state index in [2.05, 4.69) is 4.98 Å². The normalized spacial score (nSPS) is 10.8. The summed E-state index contributed by atoms with van der Waals surface area (Å²) >= 11 is 1.45. The Labute approximate surface area is 101 Å². The van der Waals surface area contributed by atoms with Crippen LogP contribution >= 0.6 is 11.3 Å². The molecular weight excluding hydrogens is 234 g/mol. The maximum absolute atomic E-state index is 12.0. The lowest BCUT2D eigenvalue weighted by atomic mass is 10.1. The largest absolute Gasteiger partial charge is 0.335 e. The quantitative estimate of drug-likeness (QED) is 0.663. The molecule has 0 fully saturated rings. The summed E-state index contributed by atoms with van der Waals surface area (Å²) < 4.78 is 1.02. The number of nitrogens with zero attached hydrogens (tertiary/aromatic N) is 2. The van der Waals surface area contributed by atoms with E-state index in [1.165, 1.54) is 17.7 Å². The fourth-order valence-corrected chi connectivity index (χ4v) is 2.68. The van der Waals surface area contributed by atoms with Gasteiger partial charge in [0, 0.05) is 10.9 Å². The molecule has 0 aliphatic heterocycles. The van der Waals surface area contributed by atoms with Crippen LogP contribution in [-0.2, 0) is 0 Å². The van der Waals surface area contributed by atoms with Gasteiger partial charge in [-0.2, -0.15) is 0 Å². The van der Waals surface area contributed by atoms with Gasteiger partial charge in [0.25, 0.3) is 5.56 Å². The Morgan fingerprint density at radius 3 is 2.76 bits per heavy atom. The van der Waals surface area contributed by atoms with Gasteiger partial charge in [-0.1, -0.05) is 30.3 Å². The van der Waals surface area contributed by atoms with Crippen LogP contribution in [0.25, 0.3) is 21.3 Å². The van der Waals surface area contributed by atoms with Crippen molar-refractivity contribution in [1.82, 2.24) is 9.66 Å². The average molecular weight is 243 g/mol. The lowest BCUT2D eigenvalue weighted by molar-refractivity contribution is 0.916. The average Bonchev–Trinajstić information content (AvgIpc) is 2.79. The second kappa shape index (κ2) is 3.71. The van der Waals surface area contributed by atoms with Crippen LogP contribution < -0.4 is 11.4 Å². The van der Waals surface area contributed by atoms with Crippen LogP contribution in [0.1, 0.15) is 0 Å². The molecule has 5 heteroatoms. The molecule has 0 amide bonds. The molecule has 3 aromatic rings. The summed E-state index contributed by atoms with van der Waals surface area (Å²) in [7, 11) is 0. The van der Waals surface area contributed by atoms with Crippen molar-refractivity contribution in [2.24, 2.45) is 0 Å². The number of aromatic nitrogens is 2. The van der Waals surface area contributed by atoms with Gasteiger partial charge < -0.3 is 5.84 Å². The van der Waals surface area contributed by atoms with E-state index in [9.17, 15) is 4.79 Å². The van der Waals surface area contributed by atoms with Gasteiger partial charge in [0.05, 0.1) is 5.39 Å². The van der Waals surface area contributed by atoms with Gasteiger partial charge in [0.15, 0.2) is 0 Å². The van der Waals surface area contributed by atoms with Gasteiger partial charge in [-0.25, -0.2) is 9.66 Å². The minimum Gasteiger partial charge on any atom is -0.335 e. The van der Waals surface area contributed by atoms with Crippen LogP contribution in [0.4, 0.5) is 0 Å². The minimum absolute atomic E-state index is 0.213. The monoisotopic (exact) mass is 243 g/mol. The van der Waals surface area contributed by atoms with Crippen molar-refractivity contribution >= 4 is 21.6 Å². The molecule has 0 spiro atoms. The lowest BCUT2D eigenvalue weighted by Crippen LogP contribution is -2.26. The standard InChI is InChI=1S/C12H9N3OS/c13-15-7-14-11-10(12(15)16)9(6-17-11)8-4-2-1-3-5-8/h1-7H,13H2. The van der Waals surface area contributed by atoms with Gasteiger partial charge in [0.1, 0.15) is 11.2 Å². The van der Waals surface area contributed by atoms with Gasteiger partial charge >= 0.3 is 0 Å². The fraction of sp³-hybridized carbons (Fsp3) is 0. The number of benzene rings is 1. The molecule has 0 aliphatic carbocycles. The molecule has 0 unspecified atom stereocenters. The number of fused-ring (bicyclic) bond motifs is 1. The molecule has 2 aromatic heterocycles. The number of hydrogen-bond acceptors (Lipinski definition) is 4. The highest BCUT2D eigenvalue weighted by molar-refractivity contribution is 7.17. The van der Waals surface area contributed by atoms with E-state index in [1.807, 2.05) is 35.7 Å². The molecular formula is C12H9N3OS. The highest BCUT2D eigenvalue weighted by Crippen LogP contribution is 2.29. The van der Waals surface area contributed by atoms with E-state index < -0.39 is 0 Å². The molecule has 0 aliphatic rings. The van der Waals surface area contributed by atoms with E-state index in [4.69, 9.17) is 5.84 Å². The van der Waals surface area contributed by atoms with Crippen LogP contribution in [0, 0.1) is 0 Å². The Bertz CT molecular complexity index is 730. The number of nitrogen functional groups attached to an aromatic ring is 1. The molecule has 0 saturated heterocycles. The summed E-state index contributed by atoms with van der Waals surface area (Å²) in [6.45, 7) is 0. The van der Waals surface area contributed by atoms with E-state index in [-0.39, 0.29) is 5.56 Å². The molecule has 17 heavy (non-hydrogen) atoms. The first kappa shape index (κ1) is 10.0. The van der Waals surface area contributed by atoms with Gasteiger partial charge in [-0.05, 0) is 5.56 Å². The van der Waals surface area contributed by atoms with Gasteiger partial charge in [-0.3, -0.25) is 4.79 Å². The predicted molar refractivity (Wildman–Crippen MR) is 69.5 cm³/mol. The number of rotatable bonds is 1. The molecule has 0 saturated carbocycles. The van der Waals surface area contributed by atoms with E-state index in [1.54, 1.807) is 0 Å². The Kier molecular flexibility index (Phi) is 2.19. The second-order valence-corrected chi connectivity index (χ2v) is 4.51. The van der Waals surface area contributed by atoms with Crippen molar-refractivity contribution in [3.05, 3.63) is 52.4 Å². The van der Waals surface area contributed by atoms with Crippen molar-refractivity contribution < 1.29 is 0 Å². The van der Waals surface area contributed by atoms with Crippen molar-refractivity contribution in [1.29, 1.82) is 0 Å². The molecule has 4 nitrogen and oxygen atoms in total. The maximum atomic E-state index is 12.0. The number of hydrogen-bond donors (Lipinski definition) is 1.